The zero-order chi connectivity index (χ0) is 13.9. The van der Waals surface area contributed by atoms with Crippen molar-refractivity contribution in [1.82, 2.24) is 5.32 Å². The van der Waals surface area contributed by atoms with Gasteiger partial charge in [-0.05, 0) is 80.4 Å². The molecule has 0 amide bonds. The van der Waals surface area contributed by atoms with E-state index in [0.717, 1.165) is 36.1 Å². The molecule has 5 atom stereocenters. The van der Waals surface area contributed by atoms with Gasteiger partial charge in [0.2, 0.25) is 0 Å². The molecule has 0 spiro atoms. The van der Waals surface area contributed by atoms with Crippen LogP contribution in [-0.2, 0) is 0 Å². The first-order chi connectivity index (χ1) is 9.70. The Morgan fingerprint density at radius 3 is 2.50 bits per heavy atom. The van der Waals surface area contributed by atoms with Crippen molar-refractivity contribution in [3.8, 4) is 0 Å². The van der Waals surface area contributed by atoms with E-state index in [4.69, 9.17) is 0 Å². The summed E-state index contributed by atoms with van der Waals surface area (Å²) in [6.45, 7) is 7.85. The Kier molecular flexibility index (Phi) is 2.96. The van der Waals surface area contributed by atoms with Crippen LogP contribution in [0.4, 0.5) is 0 Å². The van der Waals surface area contributed by atoms with E-state index in [9.17, 15) is 0 Å². The first kappa shape index (κ1) is 12.9. The molecule has 3 aliphatic carbocycles. The molecule has 0 aromatic heterocycles. The average molecular weight is 269 g/mol. The Balaban J connectivity index is 1.64. The molecule has 1 aromatic carbocycles. The minimum Gasteiger partial charge on any atom is -0.310 e. The molecular weight excluding hydrogens is 242 g/mol. The highest BCUT2D eigenvalue weighted by atomic mass is 14.9. The quantitative estimate of drug-likeness (QED) is 0.862. The molecule has 0 radical (unpaired) electrons. The van der Waals surface area contributed by atoms with Crippen LogP contribution in [0.3, 0.4) is 0 Å². The SMILES string of the molecule is CCNC(c1cc(C)ccc1C)C1C2C3CCC(C3)C21. The van der Waals surface area contributed by atoms with Gasteiger partial charge in [0.1, 0.15) is 0 Å². The van der Waals surface area contributed by atoms with E-state index in [1.54, 1.807) is 12.0 Å². The number of hydrogen-bond donors (Lipinski definition) is 1. The molecule has 5 unspecified atom stereocenters. The predicted molar refractivity (Wildman–Crippen MR) is 83.6 cm³/mol. The molecule has 1 N–H and O–H groups in total. The highest BCUT2D eigenvalue weighted by Crippen LogP contribution is 2.72. The molecule has 3 fully saturated rings. The van der Waals surface area contributed by atoms with Crippen LogP contribution in [0.1, 0.15) is 48.9 Å². The second-order valence-corrected chi connectivity index (χ2v) is 7.46. The summed E-state index contributed by atoms with van der Waals surface area (Å²) in [6, 6.07) is 7.60. The topological polar surface area (TPSA) is 12.0 Å². The molecule has 1 heteroatoms. The van der Waals surface area contributed by atoms with Crippen LogP contribution in [0.15, 0.2) is 18.2 Å². The number of aryl methyl sites for hydroxylation is 2. The molecular formula is C19H27N. The smallest absolute Gasteiger partial charge is 0.0357 e. The van der Waals surface area contributed by atoms with Gasteiger partial charge in [-0.25, -0.2) is 0 Å². The van der Waals surface area contributed by atoms with Crippen molar-refractivity contribution in [2.75, 3.05) is 6.54 Å². The summed E-state index contributed by atoms with van der Waals surface area (Å²) in [7, 11) is 0. The van der Waals surface area contributed by atoms with Gasteiger partial charge in [0.15, 0.2) is 0 Å². The van der Waals surface area contributed by atoms with Gasteiger partial charge in [0.25, 0.3) is 0 Å². The maximum absolute atomic E-state index is 3.83. The van der Waals surface area contributed by atoms with Crippen molar-refractivity contribution in [2.45, 2.75) is 46.1 Å². The van der Waals surface area contributed by atoms with E-state index in [1.807, 2.05) is 0 Å². The summed E-state index contributed by atoms with van der Waals surface area (Å²) < 4.78 is 0. The third kappa shape index (κ3) is 1.79. The van der Waals surface area contributed by atoms with Gasteiger partial charge >= 0.3 is 0 Å². The first-order valence-corrected chi connectivity index (χ1v) is 8.51. The minimum atomic E-state index is 0.610. The summed E-state index contributed by atoms with van der Waals surface area (Å²) in [5.74, 6) is 5.18. The minimum absolute atomic E-state index is 0.610. The number of benzene rings is 1. The zero-order valence-corrected chi connectivity index (χ0v) is 13.0. The number of fused-ring (bicyclic) bond motifs is 5. The lowest BCUT2D eigenvalue weighted by Gasteiger charge is -2.24. The van der Waals surface area contributed by atoms with Crippen molar-refractivity contribution in [2.24, 2.45) is 29.6 Å². The van der Waals surface area contributed by atoms with Crippen LogP contribution >= 0.6 is 0 Å². The average Bonchev–Trinajstić information content (AvgIpc) is 2.86. The van der Waals surface area contributed by atoms with Crippen LogP contribution < -0.4 is 5.32 Å². The van der Waals surface area contributed by atoms with Gasteiger partial charge in [-0.3, -0.25) is 0 Å². The van der Waals surface area contributed by atoms with Gasteiger partial charge in [-0.15, -0.1) is 0 Å². The van der Waals surface area contributed by atoms with Crippen molar-refractivity contribution >= 4 is 0 Å². The molecule has 0 saturated heterocycles. The number of rotatable bonds is 4. The maximum Gasteiger partial charge on any atom is 0.0357 e. The van der Waals surface area contributed by atoms with Crippen molar-refractivity contribution < 1.29 is 0 Å². The summed E-state index contributed by atoms with van der Waals surface area (Å²) in [5.41, 5.74) is 4.45. The normalized spacial score (nSPS) is 38.9. The van der Waals surface area contributed by atoms with Crippen molar-refractivity contribution in [3.05, 3.63) is 34.9 Å². The first-order valence-electron chi connectivity index (χ1n) is 8.51. The third-order valence-corrected chi connectivity index (χ3v) is 6.37. The predicted octanol–water partition coefficient (Wildman–Crippen LogP) is 4.25. The Morgan fingerprint density at radius 2 is 1.85 bits per heavy atom. The molecule has 108 valence electrons. The lowest BCUT2D eigenvalue weighted by molar-refractivity contribution is 0.374. The fourth-order valence-electron chi connectivity index (χ4n) is 5.61. The largest absolute Gasteiger partial charge is 0.310 e. The molecule has 3 aliphatic rings. The van der Waals surface area contributed by atoms with Crippen LogP contribution in [0.5, 0.6) is 0 Å². The summed E-state index contributed by atoms with van der Waals surface area (Å²) in [5, 5.41) is 3.83. The highest BCUT2D eigenvalue weighted by Gasteiger charge is 2.66. The lowest BCUT2D eigenvalue weighted by Crippen LogP contribution is -2.26. The fourth-order valence-corrected chi connectivity index (χ4v) is 5.61. The number of nitrogens with one attached hydrogen (secondary N) is 1. The van der Waals surface area contributed by atoms with E-state index >= 15 is 0 Å². The third-order valence-electron chi connectivity index (χ3n) is 6.37. The van der Waals surface area contributed by atoms with Gasteiger partial charge in [0, 0.05) is 6.04 Å². The van der Waals surface area contributed by atoms with Gasteiger partial charge in [-0.2, -0.15) is 0 Å². The van der Waals surface area contributed by atoms with E-state index in [1.165, 1.54) is 24.0 Å². The standard InChI is InChI=1S/C19H27N/c1-4-20-19(15-9-11(2)5-6-12(15)3)18-16-13-7-8-14(10-13)17(16)18/h5-6,9,13-14,16-20H,4,7-8,10H2,1-3H3. The Bertz CT molecular complexity index is 504. The van der Waals surface area contributed by atoms with E-state index in [-0.39, 0.29) is 0 Å². The van der Waals surface area contributed by atoms with Crippen LogP contribution in [0, 0.1) is 43.4 Å². The van der Waals surface area contributed by atoms with Crippen LogP contribution in [0.25, 0.3) is 0 Å². The molecule has 3 saturated carbocycles. The summed E-state index contributed by atoms with van der Waals surface area (Å²) >= 11 is 0. The van der Waals surface area contributed by atoms with Crippen LogP contribution in [-0.4, -0.2) is 6.54 Å². The Labute approximate surface area is 123 Å². The molecule has 20 heavy (non-hydrogen) atoms. The Morgan fingerprint density at radius 1 is 1.15 bits per heavy atom. The molecule has 1 nitrogen and oxygen atoms in total. The zero-order valence-electron chi connectivity index (χ0n) is 13.0. The van der Waals surface area contributed by atoms with E-state index in [0.29, 0.717) is 6.04 Å². The monoisotopic (exact) mass is 269 g/mol. The molecule has 0 heterocycles. The highest BCUT2D eigenvalue weighted by molar-refractivity contribution is 5.35. The lowest BCUT2D eigenvalue weighted by atomic mass is 9.90. The van der Waals surface area contributed by atoms with E-state index < -0.39 is 0 Å². The Hall–Kier alpha value is -0.820. The van der Waals surface area contributed by atoms with E-state index in [2.05, 4.69) is 44.3 Å². The maximum atomic E-state index is 3.83. The summed E-state index contributed by atoms with van der Waals surface area (Å²) in [4.78, 5) is 0. The van der Waals surface area contributed by atoms with Gasteiger partial charge in [-0.1, -0.05) is 30.7 Å². The summed E-state index contributed by atoms with van der Waals surface area (Å²) in [6.07, 6.45) is 4.60. The molecule has 1 aromatic rings. The van der Waals surface area contributed by atoms with Crippen molar-refractivity contribution in [3.63, 3.8) is 0 Å². The second-order valence-electron chi connectivity index (χ2n) is 7.46. The second kappa shape index (κ2) is 4.59. The van der Waals surface area contributed by atoms with Gasteiger partial charge < -0.3 is 5.32 Å². The molecule has 0 aliphatic heterocycles. The molecule has 2 bridgehead atoms. The van der Waals surface area contributed by atoms with Crippen LogP contribution in [0.2, 0.25) is 0 Å². The van der Waals surface area contributed by atoms with Gasteiger partial charge in [0.05, 0.1) is 0 Å². The van der Waals surface area contributed by atoms with Crippen molar-refractivity contribution in [1.29, 1.82) is 0 Å². The number of hydrogen-bond acceptors (Lipinski definition) is 1. The molecule has 4 rings (SSSR count). The fraction of sp³-hybridized carbons (Fsp3) is 0.684.